The smallest absolute Gasteiger partial charge is 0.249 e. The maximum atomic E-state index is 12.6. The van der Waals surface area contributed by atoms with Gasteiger partial charge in [-0.1, -0.05) is 6.07 Å². The fourth-order valence-electron chi connectivity index (χ4n) is 0.703. The highest BCUT2D eigenvalue weighted by Gasteiger charge is 2.16. The fourth-order valence-corrected chi connectivity index (χ4v) is 0.703. The van der Waals surface area contributed by atoms with E-state index in [4.69, 9.17) is 0 Å². The Morgan fingerprint density at radius 3 is 2.58 bits per heavy atom. The molecule has 0 aliphatic rings. The Kier molecular flexibility index (Phi) is 2.32. The van der Waals surface area contributed by atoms with Gasteiger partial charge in [0.1, 0.15) is 5.56 Å². The van der Waals surface area contributed by atoms with E-state index in [2.05, 4.69) is 4.94 Å². The molecule has 0 aliphatic heterocycles. The normalized spacial score (nSPS) is 9.58. The third kappa shape index (κ3) is 1.39. The maximum absolute atomic E-state index is 12.6. The molecular weight excluding hydrogens is 173 g/mol. The van der Waals surface area contributed by atoms with Gasteiger partial charge < -0.3 is 0 Å². The Hall–Kier alpha value is -1.52. The van der Waals surface area contributed by atoms with E-state index in [0.717, 1.165) is 18.2 Å². The third-order valence-electron chi connectivity index (χ3n) is 1.24. The first-order valence-electron chi connectivity index (χ1n) is 2.93. The summed E-state index contributed by atoms with van der Waals surface area (Å²) in [7, 11) is 0. The number of carbonyl (C=O) groups excluding carboxylic acids is 1. The summed E-state index contributed by atoms with van der Waals surface area (Å²) in [6.07, 6.45) is 0. The van der Waals surface area contributed by atoms with Crippen molar-refractivity contribution in [3.05, 3.63) is 35.4 Å². The molecule has 0 unspecified atom stereocenters. The van der Waals surface area contributed by atoms with Crippen LogP contribution in [0.15, 0.2) is 18.2 Å². The van der Waals surface area contributed by atoms with Crippen LogP contribution in [0.25, 0.3) is 0 Å². The molecule has 0 aromatic heterocycles. The second-order valence-corrected chi connectivity index (χ2v) is 1.97. The van der Waals surface area contributed by atoms with Gasteiger partial charge in [0.25, 0.3) is 0 Å². The van der Waals surface area contributed by atoms with Crippen molar-refractivity contribution in [2.24, 2.45) is 0 Å². The van der Waals surface area contributed by atoms with E-state index in [1.54, 1.807) is 0 Å². The summed E-state index contributed by atoms with van der Waals surface area (Å²) in [5.41, 5.74) is -0.766. The van der Waals surface area contributed by atoms with Crippen molar-refractivity contribution in [3.63, 3.8) is 0 Å². The highest BCUT2D eigenvalue weighted by atomic mass is 19.3. The second-order valence-electron chi connectivity index (χ2n) is 1.97. The van der Waals surface area contributed by atoms with Crippen molar-refractivity contribution in [3.8, 4) is 0 Å². The quantitative estimate of drug-likeness (QED) is 0.654. The Labute approximate surface area is 65.5 Å². The van der Waals surface area contributed by atoms with Crippen LogP contribution in [0.3, 0.4) is 0 Å². The summed E-state index contributed by atoms with van der Waals surface area (Å²) in [6, 6.07) is 2.80. The summed E-state index contributed by atoms with van der Waals surface area (Å²) in [6.45, 7) is 0. The van der Waals surface area contributed by atoms with Gasteiger partial charge in [-0.15, -0.1) is 0 Å². The van der Waals surface area contributed by atoms with E-state index < -0.39 is 23.2 Å². The fraction of sp³-hybridized carbons (Fsp3) is 0. The van der Waals surface area contributed by atoms with E-state index in [-0.39, 0.29) is 0 Å². The van der Waals surface area contributed by atoms with Crippen LogP contribution in [0.1, 0.15) is 10.4 Å². The minimum absolute atomic E-state index is 0.766. The summed E-state index contributed by atoms with van der Waals surface area (Å²) in [5, 5.41) is 0. The highest BCUT2D eigenvalue weighted by molar-refractivity contribution is 5.89. The molecule has 1 aromatic rings. The minimum Gasteiger partial charge on any atom is -0.249 e. The van der Waals surface area contributed by atoms with Gasteiger partial charge in [-0.3, -0.25) is 0 Å². The minimum atomic E-state index is -1.55. The largest absolute Gasteiger partial charge is 0.382 e. The first-order valence-corrected chi connectivity index (χ1v) is 2.93. The predicted octanol–water partition coefficient (Wildman–Crippen LogP) is 2.01. The summed E-state index contributed by atoms with van der Waals surface area (Å²) in [5.74, 6) is -4.19. The van der Waals surface area contributed by atoms with Crippen LogP contribution in [0, 0.1) is 11.6 Å². The van der Waals surface area contributed by atoms with Crippen LogP contribution in [-0.4, -0.2) is 5.97 Å². The summed E-state index contributed by atoms with van der Waals surface area (Å²) >= 11 is 0. The number of hydrogen-bond donors (Lipinski definition) is 0. The van der Waals surface area contributed by atoms with E-state index in [1.165, 1.54) is 0 Å². The molecule has 0 saturated heterocycles. The van der Waals surface area contributed by atoms with Crippen molar-refractivity contribution in [2.45, 2.75) is 0 Å². The number of benzene rings is 1. The van der Waals surface area contributed by atoms with Crippen LogP contribution < -0.4 is 0 Å². The first-order chi connectivity index (χ1) is 5.66. The zero-order chi connectivity index (χ0) is 9.14. The molecule has 0 fully saturated rings. The highest BCUT2D eigenvalue weighted by Crippen LogP contribution is 2.12. The molecule has 1 aromatic carbocycles. The molecule has 2 nitrogen and oxygen atoms in total. The monoisotopic (exact) mass is 176 g/mol. The predicted molar refractivity (Wildman–Crippen MR) is 32.9 cm³/mol. The summed E-state index contributed by atoms with van der Waals surface area (Å²) in [4.78, 5) is 13.1. The molecule has 0 spiro atoms. The van der Waals surface area contributed by atoms with Crippen molar-refractivity contribution < 1.29 is 23.0 Å². The van der Waals surface area contributed by atoms with Gasteiger partial charge in [-0.05, 0) is 12.1 Å². The molecule has 0 saturated carbocycles. The molecule has 0 amide bonds. The third-order valence-corrected chi connectivity index (χ3v) is 1.24. The topological polar surface area (TPSA) is 26.3 Å². The first kappa shape index (κ1) is 8.58. The lowest BCUT2D eigenvalue weighted by molar-refractivity contribution is -0.0792. The van der Waals surface area contributed by atoms with Crippen LogP contribution in [-0.2, 0) is 4.94 Å². The van der Waals surface area contributed by atoms with E-state index >= 15 is 0 Å². The number of halogens is 3. The van der Waals surface area contributed by atoms with Crippen molar-refractivity contribution in [1.29, 1.82) is 0 Å². The van der Waals surface area contributed by atoms with Crippen LogP contribution in [0.5, 0.6) is 0 Å². The van der Waals surface area contributed by atoms with Gasteiger partial charge in [0.05, 0.1) is 0 Å². The van der Waals surface area contributed by atoms with E-state index in [9.17, 15) is 18.1 Å². The zero-order valence-corrected chi connectivity index (χ0v) is 5.68. The van der Waals surface area contributed by atoms with Gasteiger partial charge in [-0.25, -0.2) is 18.5 Å². The Bertz CT molecular complexity index is 312. The standard InChI is InChI=1S/C7H3F3O2/c8-5-3-1-2-4(6(5)9)7(11)12-10/h1-3H. The zero-order valence-electron chi connectivity index (χ0n) is 5.68. The van der Waals surface area contributed by atoms with Gasteiger partial charge in [-0.2, -0.15) is 0 Å². The van der Waals surface area contributed by atoms with Gasteiger partial charge >= 0.3 is 5.97 Å². The average molecular weight is 176 g/mol. The molecule has 0 bridgehead atoms. The SMILES string of the molecule is O=C(OF)c1cccc(F)c1F. The molecular formula is C7H3F3O2. The van der Waals surface area contributed by atoms with Crippen LogP contribution in [0.2, 0.25) is 0 Å². The molecule has 1 rings (SSSR count). The Morgan fingerprint density at radius 1 is 1.33 bits per heavy atom. The average Bonchev–Trinajstić information content (AvgIpc) is 2.08. The number of carbonyl (C=O) groups is 1. The number of rotatable bonds is 1. The molecule has 0 radical (unpaired) electrons. The molecule has 0 N–H and O–H groups in total. The van der Waals surface area contributed by atoms with Crippen LogP contribution in [0.4, 0.5) is 13.3 Å². The molecule has 64 valence electrons. The van der Waals surface area contributed by atoms with Crippen LogP contribution >= 0.6 is 0 Å². The van der Waals surface area contributed by atoms with E-state index in [1.807, 2.05) is 0 Å². The molecule has 0 heterocycles. The Morgan fingerprint density at radius 2 is 2.00 bits per heavy atom. The van der Waals surface area contributed by atoms with Gasteiger partial charge in [0.2, 0.25) is 0 Å². The summed E-state index contributed by atoms with van der Waals surface area (Å²) < 4.78 is 36.2. The lowest BCUT2D eigenvalue weighted by atomic mass is 10.2. The molecule has 0 aliphatic carbocycles. The molecule has 12 heavy (non-hydrogen) atoms. The Balaban J connectivity index is 3.16. The number of hydrogen-bond acceptors (Lipinski definition) is 2. The van der Waals surface area contributed by atoms with Gasteiger partial charge in [0.15, 0.2) is 11.6 Å². The lowest BCUT2D eigenvalue weighted by Crippen LogP contribution is -2.03. The second kappa shape index (κ2) is 3.25. The van der Waals surface area contributed by atoms with Crippen molar-refractivity contribution in [1.82, 2.24) is 0 Å². The van der Waals surface area contributed by atoms with E-state index in [0.29, 0.717) is 0 Å². The molecule has 5 heteroatoms. The van der Waals surface area contributed by atoms with Gasteiger partial charge in [0, 0.05) is 4.53 Å². The maximum Gasteiger partial charge on any atom is 0.382 e. The van der Waals surface area contributed by atoms with Crippen molar-refractivity contribution >= 4 is 5.97 Å². The molecule has 0 atom stereocenters. The lowest BCUT2D eigenvalue weighted by Gasteiger charge is -1.97. The van der Waals surface area contributed by atoms with Crippen molar-refractivity contribution in [2.75, 3.05) is 0 Å².